The summed E-state index contributed by atoms with van der Waals surface area (Å²) in [5.41, 5.74) is 6.25. The fourth-order valence-electron chi connectivity index (χ4n) is 1.70. The zero-order chi connectivity index (χ0) is 13.5. The minimum atomic E-state index is -0.462. The number of likely N-dealkylation sites (N-methyl/N-ethyl adjacent to an activating group) is 1. The number of carbonyl (C=O) groups is 1. The minimum absolute atomic E-state index is 0.371. The third kappa shape index (κ3) is 4.46. The molecule has 0 aliphatic rings. The predicted molar refractivity (Wildman–Crippen MR) is 71.0 cm³/mol. The number of nitrogens with one attached hydrogen (secondary N) is 1. The molecule has 0 fully saturated rings. The van der Waals surface area contributed by atoms with E-state index in [0.717, 1.165) is 25.1 Å². The van der Waals surface area contributed by atoms with Gasteiger partial charge in [-0.1, -0.05) is 6.92 Å². The lowest BCUT2D eigenvalue weighted by Gasteiger charge is -2.16. The van der Waals surface area contributed by atoms with Gasteiger partial charge in [-0.3, -0.25) is 9.48 Å². The Balaban J connectivity index is 2.62. The van der Waals surface area contributed by atoms with Gasteiger partial charge in [-0.25, -0.2) is 0 Å². The standard InChI is InChI=1S/C12H23N5O/c1-4-6-17-9-10(8-15-17)11(12(13)18)14-5-7-16(2)3/h8-9,11,14H,4-7H2,1-3H3,(H2,13,18). The van der Waals surface area contributed by atoms with Crippen molar-refractivity contribution in [1.29, 1.82) is 0 Å². The molecule has 0 saturated heterocycles. The van der Waals surface area contributed by atoms with Crippen LogP contribution in [-0.4, -0.2) is 47.8 Å². The molecular formula is C12H23N5O. The first-order valence-corrected chi connectivity index (χ1v) is 6.24. The van der Waals surface area contributed by atoms with Gasteiger partial charge >= 0.3 is 0 Å². The molecule has 0 aliphatic carbocycles. The van der Waals surface area contributed by atoms with Gasteiger partial charge in [0.2, 0.25) is 5.91 Å². The first kappa shape index (κ1) is 14.7. The Labute approximate surface area is 108 Å². The van der Waals surface area contributed by atoms with Crippen molar-refractivity contribution < 1.29 is 4.79 Å². The van der Waals surface area contributed by atoms with E-state index in [9.17, 15) is 4.79 Å². The van der Waals surface area contributed by atoms with E-state index in [1.54, 1.807) is 6.20 Å². The van der Waals surface area contributed by atoms with Crippen LogP contribution in [0, 0.1) is 0 Å². The smallest absolute Gasteiger partial charge is 0.239 e. The van der Waals surface area contributed by atoms with Crippen LogP contribution in [-0.2, 0) is 11.3 Å². The number of amides is 1. The molecule has 3 N–H and O–H groups in total. The molecule has 18 heavy (non-hydrogen) atoms. The van der Waals surface area contributed by atoms with Crippen LogP contribution >= 0.6 is 0 Å². The van der Waals surface area contributed by atoms with Crippen molar-refractivity contribution >= 4 is 5.91 Å². The van der Waals surface area contributed by atoms with E-state index in [1.807, 2.05) is 29.9 Å². The third-order valence-electron chi connectivity index (χ3n) is 2.63. The summed E-state index contributed by atoms with van der Waals surface area (Å²) < 4.78 is 1.83. The van der Waals surface area contributed by atoms with Crippen LogP contribution in [0.4, 0.5) is 0 Å². The average molecular weight is 253 g/mol. The number of nitrogens with two attached hydrogens (primary N) is 1. The van der Waals surface area contributed by atoms with Crippen LogP contribution in [0.1, 0.15) is 24.9 Å². The molecule has 0 saturated carbocycles. The second-order valence-electron chi connectivity index (χ2n) is 4.63. The van der Waals surface area contributed by atoms with Gasteiger partial charge in [-0.15, -0.1) is 0 Å². The SMILES string of the molecule is CCCn1cc(C(NCCN(C)C)C(N)=O)cn1. The second kappa shape index (κ2) is 7.13. The Morgan fingerprint density at radius 1 is 1.61 bits per heavy atom. The molecule has 0 spiro atoms. The molecule has 1 unspecified atom stereocenters. The van der Waals surface area contributed by atoms with Gasteiger partial charge in [-0.05, 0) is 20.5 Å². The molecule has 1 atom stereocenters. The van der Waals surface area contributed by atoms with Gasteiger partial charge in [0.25, 0.3) is 0 Å². The summed E-state index contributed by atoms with van der Waals surface area (Å²) >= 11 is 0. The van der Waals surface area contributed by atoms with Crippen molar-refractivity contribution in [2.24, 2.45) is 5.73 Å². The van der Waals surface area contributed by atoms with Gasteiger partial charge in [0.05, 0.1) is 6.20 Å². The maximum absolute atomic E-state index is 11.5. The van der Waals surface area contributed by atoms with Crippen LogP contribution in [0.3, 0.4) is 0 Å². The minimum Gasteiger partial charge on any atom is -0.368 e. The van der Waals surface area contributed by atoms with Crippen LogP contribution in [0.15, 0.2) is 12.4 Å². The van der Waals surface area contributed by atoms with Gasteiger partial charge in [-0.2, -0.15) is 5.10 Å². The van der Waals surface area contributed by atoms with E-state index in [2.05, 4.69) is 17.3 Å². The van der Waals surface area contributed by atoms with Crippen LogP contribution < -0.4 is 11.1 Å². The Morgan fingerprint density at radius 2 is 2.33 bits per heavy atom. The van der Waals surface area contributed by atoms with Crippen molar-refractivity contribution in [1.82, 2.24) is 20.0 Å². The van der Waals surface area contributed by atoms with Gasteiger partial charge in [0.1, 0.15) is 6.04 Å². The van der Waals surface area contributed by atoms with Gasteiger partial charge < -0.3 is 16.0 Å². The molecule has 6 heteroatoms. The van der Waals surface area contributed by atoms with Gasteiger partial charge in [0.15, 0.2) is 0 Å². The highest BCUT2D eigenvalue weighted by atomic mass is 16.1. The lowest BCUT2D eigenvalue weighted by atomic mass is 10.1. The number of hydrogen-bond donors (Lipinski definition) is 2. The highest BCUT2D eigenvalue weighted by Crippen LogP contribution is 2.11. The lowest BCUT2D eigenvalue weighted by molar-refractivity contribution is -0.120. The maximum Gasteiger partial charge on any atom is 0.239 e. The summed E-state index contributed by atoms with van der Waals surface area (Å²) in [6.07, 6.45) is 4.59. The summed E-state index contributed by atoms with van der Waals surface area (Å²) in [7, 11) is 3.97. The molecule has 102 valence electrons. The first-order chi connectivity index (χ1) is 8.54. The van der Waals surface area contributed by atoms with Crippen LogP contribution in [0.5, 0.6) is 0 Å². The molecule has 1 aromatic rings. The average Bonchev–Trinajstić information content (AvgIpc) is 2.72. The quantitative estimate of drug-likeness (QED) is 0.682. The third-order valence-corrected chi connectivity index (χ3v) is 2.63. The highest BCUT2D eigenvalue weighted by Gasteiger charge is 2.18. The fraction of sp³-hybridized carbons (Fsp3) is 0.667. The summed E-state index contributed by atoms with van der Waals surface area (Å²) in [5, 5.41) is 7.36. The Hall–Kier alpha value is -1.40. The fourth-order valence-corrected chi connectivity index (χ4v) is 1.70. The largest absolute Gasteiger partial charge is 0.368 e. The number of nitrogens with zero attached hydrogens (tertiary/aromatic N) is 3. The molecule has 1 heterocycles. The van der Waals surface area contributed by atoms with E-state index in [0.29, 0.717) is 6.54 Å². The van der Waals surface area contributed by atoms with E-state index >= 15 is 0 Å². The second-order valence-corrected chi connectivity index (χ2v) is 4.63. The molecule has 0 aliphatic heterocycles. The maximum atomic E-state index is 11.5. The predicted octanol–water partition coefficient (Wildman–Crippen LogP) is -0.0293. The molecule has 0 radical (unpaired) electrons. The lowest BCUT2D eigenvalue weighted by Crippen LogP contribution is -2.37. The monoisotopic (exact) mass is 253 g/mol. The van der Waals surface area contributed by atoms with Gasteiger partial charge in [0, 0.05) is 31.4 Å². The topological polar surface area (TPSA) is 76.2 Å². The number of aromatic nitrogens is 2. The number of carbonyl (C=O) groups excluding carboxylic acids is 1. The highest BCUT2D eigenvalue weighted by molar-refractivity contribution is 5.81. The molecule has 1 aromatic heterocycles. The van der Waals surface area contributed by atoms with E-state index in [-0.39, 0.29) is 5.91 Å². The molecule has 1 amide bonds. The summed E-state index contributed by atoms with van der Waals surface area (Å²) in [6, 6.07) is -0.462. The number of hydrogen-bond acceptors (Lipinski definition) is 4. The number of aryl methyl sites for hydroxylation is 1. The van der Waals surface area contributed by atoms with Crippen molar-refractivity contribution in [2.45, 2.75) is 25.9 Å². The van der Waals surface area contributed by atoms with E-state index in [1.165, 1.54) is 0 Å². The molecule has 0 bridgehead atoms. The first-order valence-electron chi connectivity index (χ1n) is 6.24. The van der Waals surface area contributed by atoms with Crippen molar-refractivity contribution in [2.75, 3.05) is 27.2 Å². The Morgan fingerprint density at radius 3 is 2.89 bits per heavy atom. The molecule has 1 rings (SSSR count). The van der Waals surface area contributed by atoms with Crippen LogP contribution in [0.2, 0.25) is 0 Å². The van der Waals surface area contributed by atoms with E-state index < -0.39 is 6.04 Å². The molecule has 0 aromatic carbocycles. The normalized spacial score (nSPS) is 12.9. The van der Waals surface area contributed by atoms with Crippen molar-refractivity contribution in [3.8, 4) is 0 Å². The summed E-state index contributed by atoms with van der Waals surface area (Å²) in [5.74, 6) is -0.371. The summed E-state index contributed by atoms with van der Waals surface area (Å²) in [6.45, 7) is 4.50. The Bertz CT molecular complexity index is 374. The molecule has 6 nitrogen and oxygen atoms in total. The van der Waals surface area contributed by atoms with Crippen molar-refractivity contribution in [3.05, 3.63) is 18.0 Å². The molecular weight excluding hydrogens is 230 g/mol. The summed E-state index contributed by atoms with van der Waals surface area (Å²) in [4.78, 5) is 13.5. The Kier molecular flexibility index (Phi) is 5.80. The number of rotatable bonds is 8. The number of primary amides is 1. The van der Waals surface area contributed by atoms with Crippen LogP contribution in [0.25, 0.3) is 0 Å². The van der Waals surface area contributed by atoms with Crippen molar-refractivity contribution in [3.63, 3.8) is 0 Å². The zero-order valence-corrected chi connectivity index (χ0v) is 11.4. The zero-order valence-electron chi connectivity index (χ0n) is 11.4. The van der Waals surface area contributed by atoms with E-state index in [4.69, 9.17) is 5.73 Å².